The fourth-order valence-corrected chi connectivity index (χ4v) is 2.19. The molecule has 0 radical (unpaired) electrons. The molecule has 21 heavy (non-hydrogen) atoms. The second kappa shape index (κ2) is 5.32. The molecule has 0 aliphatic carbocycles. The third-order valence-corrected chi connectivity index (χ3v) is 3.16. The van der Waals surface area contributed by atoms with Crippen LogP contribution in [0.3, 0.4) is 0 Å². The summed E-state index contributed by atoms with van der Waals surface area (Å²) in [6, 6.07) is 13.4. The van der Waals surface area contributed by atoms with Gasteiger partial charge in [-0.25, -0.2) is 4.42 Å². The van der Waals surface area contributed by atoms with Crippen LogP contribution in [0.5, 0.6) is 17.2 Å². The van der Waals surface area contributed by atoms with Crippen molar-refractivity contribution in [1.82, 2.24) is 0 Å². The molecule has 0 saturated heterocycles. The van der Waals surface area contributed by atoms with Crippen LogP contribution in [0.1, 0.15) is 6.92 Å². The SMILES string of the molecule is CCOc1cc(-c2ccc(O)cc2)[o+]c2cc(O)ccc12. The van der Waals surface area contributed by atoms with E-state index in [1.807, 2.05) is 13.0 Å². The first-order valence-corrected chi connectivity index (χ1v) is 6.69. The van der Waals surface area contributed by atoms with Crippen molar-refractivity contribution in [3.05, 3.63) is 48.5 Å². The molecule has 0 aliphatic heterocycles. The van der Waals surface area contributed by atoms with Crippen molar-refractivity contribution in [1.29, 1.82) is 0 Å². The second-order valence-electron chi connectivity index (χ2n) is 4.64. The highest BCUT2D eigenvalue weighted by Crippen LogP contribution is 2.34. The summed E-state index contributed by atoms with van der Waals surface area (Å²) in [6.45, 7) is 2.45. The van der Waals surface area contributed by atoms with Gasteiger partial charge in [-0.1, -0.05) is 0 Å². The van der Waals surface area contributed by atoms with Crippen molar-refractivity contribution < 1.29 is 19.4 Å². The van der Waals surface area contributed by atoms with Gasteiger partial charge < -0.3 is 14.9 Å². The summed E-state index contributed by atoms with van der Waals surface area (Å²) in [5, 5.41) is 19.8. The van der Waals surface area contributed by atoms with Crippen molar-refractivity contribution >= 4 is 11.0 Å². The van der Waals surface area contributed by atoms with E-state index in [1.54, 1.807) is 42.5 Å². The van der Waals surface area contributed by atoms with Crippen LogP contribution in [0, 0.1) is 0 Å². The van der Waals surface area contributed by atoms with Gasteiger partial charge in [0.15, 0.2) is 0 Å². The Bertz CT molecular complexity index is 779. The van der Waals surface area contributed by atoms with E-state index in [4.69, 9.17) is 9.15 Å². The third kappa shape index (κ3) is 2.60. The smallest absolute Gasteiger partial charge is 0.368 e. The number of aromatic hydroxyl groups is 2. The fraction of sp³-hybridized carbons (Fsp3) is 0.118. The maximum atomic E-state index is 9.62. The standard InChI is InChI=1S/C17H14O4/c1-2-20-16-10-15(11-3-5-12(18)6-4-11)21-17-9-13(19)7-8-14(16)17/h3-10H,2H2,1H3,(H-,18,19)/p+1. The summed E-state index contributed by atoms with van der Waals surface area (Å²) in [5.74, 6) is 1.64. The Kier molecular flexibility index (Phi) is 3.36. The molecule has 106 valence electrons. The monoisotopic (exact) mass is 283 g/mol. The zero-order valence-electron chi connectivity index (χ0n) is 11.5. The summed E-state index contributed by atoms with van der Waals surface area (Å²) < 4.78 is 11.5. The Hall–Kier alpha value is -2.75. The third-order valence-electron chi connectivity index (χ3n) is 3.16. The lowest BCUT2D eigenvalue weighted by atomic mass is 10.1. The molecule has 0 amide bonds. The molecule has 2 N–H and O–H groups in total. The molecule has 0 atom stereocenters. The molecule has 1 heterocycles. The van der Waals surface area contributed by atoms with Crippen LogP contribution < -0.4 is 4.74 Å². The summed E-state index contributed by atoms with van der Waals surface area (Å²) in [4.78, 5) is 0. The number of rotatable bonds is 3. The molecule has 3 aromatic rings. The minimum atomic E-state index is 0.136. The van der Waals surface area contributed by atoms with Gasteiger partial charge in [-0.15, -0.1) is 0 Å². The van der Waals surface area contributed by atoms with Gasteiger partial charge in [0, 0.05) is 0 Å². The molecule has 3 rings (SSSR count). The van der Waals surface area contributed by atoms with Gasteiger partial charge in [0.05, 0.1) is 24.3 Å². The van der Waals surface area contributed by atoms with E-state index in [0.717, 1.165) is 10.9 Å². The Morgan fingerprint density at radius 3 is 2.38 bits per heavy atom. The Morgan fingerprint density at radius 1 is 0.952 bits per heavy atom. The minimum Gasteiger partial charge on any atom is -0.508 e. The maximum absolute atomic E-state index is 9.62. The van der Waals surface area contributed by atoms with Crippen LogP contribution in [0.2, 0.25) is 0 Å². The van der Waals surface area contributed by atoms with E-state index in [9.17, 15) is 10.2 Å². The van der Waals surface area contributed by atoms with E-state index < -0.39 is 0 Å². The maximum Gasteiger partial charge on any atom is 0.368 e. The van der Waals surface area contributed by atoms with Gasteiger partial charge in [0.25, 0.3) is 0 Å². The van der Waals surface area contributed by atoms with Crippen LogP contribution in [0.25, 0.3) is 22.3 Å². The van der Waals surface area contributed by atoms with Gasteiger partial charge >= 0.3 is 11.3 Å². The summed E-state index contributed by atoms with van der Waals surface area (Å²) in [5.41, 5.74) is 1.36. The topological polar surface area (TPSA) is 61.0 Å². The summed E-state index contributed by atoms with van der Waals surface area (Å²) in [7, 11) is 0. The second-order valence-corrected chi connectivity index (χ2v) is 4.64. The molecule has 4 heteroatoms. The lowest BCUT2D eigenvalue weighted by Gasteiger charge is -2.04. The summed E-state index contributed by atoms with van der Waals surface area (Å²) in [6.07, 6.45) is 0. The predicted molar refractivity (Wildman–Crippen MR) is 80.6 cm³/mol. The minimum absolute atomic E-state index is 0.136. The molecular formula is C17H15O4+. The van der Waals surface area contributed by atoms with Crippen LogP contribution in [-0.2, 0) is 0 Å². The van der Waals surface area contributed by atoms with E-state index in [2.05, 4.69) is 0 Å². The average molecular weight is 283 g/mol. The van der Waals surface area contributed by atoms with E-state index in [-0.39, 0.29) is 11.5 Å². The Labute approximate surface area is 121 Å². The molecule has 0 bridgehead atoms. The number of hydrogen-bond donors (Lipinski definition) is 2. The molecule has 0 fully saturated rings. The average Bonchev–Trinajstić information content (AvgIpc) is 2.47. The highest BCUT2D eigenvalue weighted by molar-refractivity contribution is 5.86. The molecule has 0 spiro atoms. The first kappa shape index (κ1) is 13.2. The number of phenols is 2. The lowest BCUT2D eigenvalue weighted by molar-refractivity contribution is 0.342. The normalized spacial score (nSPS) is 10.7. The van der Waals surface area contributed by atoms with E-state index in [0.29, 0.717) is 23.7 Å². The molecule has 2 aromatic carbocycles. The molecular weight excluding hydrogens is 268 g/mol. The van der Waals surface area contributed by atoms with Gasteiger partial charge in [-0.3, -0.25) is 0 Å². The Morgan fingerprint density at radius 2 is 1.67 bits per heavy atom. The van der Waals surface area contributed by atoms with Crippen molar-refractivity contribution in [2.75, 3.05) is 6.61 Å². The van der Waals surface area contributed by atoms with Crippen LogP contribution in [0.15, 0.2) is 52.9 Å². The van der Waals surface area contributed by atoms with E-state index >= 15 is 0 Å². The Balaban J connectivity index is 2.21. The fourth-order valence-electron chi connectivity index (χ4n) is 2.19. The van der Waals surface area contributed by atoms with Gasteiger partial charge in [0.1, 0.15) is 22.6 Å². The number of hydrogen-bond acceptors (Lipinski definition) is 3. The highest BCUT2D eigenvalue weighted by Gasteiger charge is 2.20. The zero-order chi connectivity index (χ0) is 14.8. The molecule has 0 aliphatic rings. The highest BCUT2D eigenvalue weighted by atomic mass is 16.5. The van der Waals surface area contributed by atoms with Crippen molar-refractivity contribution in [2.45, 2.75) is 6.92 Å². The van der Waals surface area contributed by atoms with Crippen molar-refractivity contribution in [3.8, 4) is 28.6 Å². The molecule has 4 nitrogen and oxygen atoms in total. The predicted octanol–water partition coefficient (Wildman–Crippen LogP) is 4.19. The van der Waals surface area contributed by atoms with Crippen molar-refractivity contribution in [3.63, 3.8) is 0 Å². The number of fused-ring (bicyclic) bond motifs is 1. The summed E-state index contributed by atoms with van der Waals surface area (Å²) >= 11 is 0. The largest absolute Gasteiger partial charge is 0.508 e. The quantitative estimate of drug-likeness (QED) is 0.707. The van der Waals surface area contributed by atoms with Crippen LogP contribution in [0.4, 0.5) is 0 Å². The van der Waals surface area contributed by atoms with E-state index in [1.165, 1.54) is 0 Å². The van der Waals surface area contributed by atoms with Crippen molar-refractivity contribution in [2.24, 2.45) is 0 Å². The van der Waals surface area contributed by atoms with Gasteiger partial charge in [0.2, 0.25) is 0 Å². The first-order chi connectivity index (χ1) is 10.2. The van der Waals surface area contributed by atoms with Gasteiger partial charge in [-0.05, 0) is 43.3 Å². The van der Waals surface area contributed by atoms with Gasteiger partial charge in [-0.2, -0.15) is 0 Å². The number of ether oxygens (including phenoxy) is 1. The van der Waals surface area contributed by atoms with Crippen LogP contribution >= 0.6 is 0 Å². The molecule has 0 saturated carbocycles. The van der Waals surface area contributed by atoms with Crippen LogP contribution in [-0.4, -0.2) is 16.8 Å². The number of benzene rings is 2. The zero-order valence-corrected chi connectivity index (χ0v) is 11.5. The molecule has 0 unspecified atom stereocenters. The first-order valence-electron chi connectivity index (χ1n) is 6.69. The molecule has 1 aromatic heterocycles. The lowest BCUT2D eigenvalue weighted by Crippen LogP contribution is -1.93. The number of phenolic OH excluding ortho intramolecular Hbond substituents is 2.